The Balaban J connectivity index is 2.49. The number of hydrogen-bond donors (Lipinski definition) is 2. The van der Waals surface area contributed by atoms with Gasteiger partial charge in [-0.05, 0) is 25.0 Å². The number of carbonyl (C=O) groups is 1. The predicted octanol–water partition coefficient (Wildman–Crippen LogP) is 1.64. The van der Waals surface area contributed by atoms with Crippen LogP contribution < -0.4 is 5.73 Å². The third kappa shape index (κ3) is 2.70. The van der Waals surface area contributed by atoms with Gasteiger partial charge in [-0.25, -0.2) is 0 Å². The van der Waals surface area contributed by atoms with E-state index in [1.165, 1.54) is 0 Å². The van der Waals surface area contributed by atoms with Gasteiger partial charge in [0.1, 0.15) is 0 Å². The molecule has 0 spiro atoms. The van der Waals surface area contributed by atoms with Crippen molar-refractivity contribution in [3.63, 3.8) is 0 Å². The van der Waals surface area contributed by atoms with Gasteiger partial charge in [0, 0.05) is 0 Å². The molecule has 0 amide bonds. The van der Waals surface area contributed by atoms with E-state index in [2.05, 4.69) is 10.2 Å². The summed E-state index contributed by atoms with van der Waals surface area (Å²) in [6.45, 7) is 3.93. The van der Waals surface area contributed by atoms with Gasteiger partial charge in [-0.2, -0.15) is 0 Å². The van der Waals surface area contributed by atoms with Crippen molar-refractivity contribution >= 4 is 23.7 Å². The number of hydrogen-bond acceptors (Lipinski definition) is 5. The summed E-state index contributed by atoms with van der Waals surface area (Å²) >= 11 is 1.10. The lowest BCUT2D eigenvalue weighted by Gasteiger charge is -2.13. The van der Waals surface area contributed by atoms with Gasteiger partial charge in [-0.1, -0.05) is 30.0 Å². The molecule has 2 rings (SSSR count). The van der Waals surface area contributed by atoms with Crippen molar-refractivity contribution in [3.8, 4) is 5.69 Å². The zero-order valence-corrected chi connectivity index (χ0v) is 11.4. The Morgan fingerprint density at radius 2 is 2.00 bits per heavy atom. The molecule has 0 aliphatic heterocycles. The van der Waals surface area contributed by atoms with Gasteiger partial charge in [-0.3, -0.25) is 9.36 Å². The van der Waals surface area contributed by atoms with Gasteiger partial charge in [0.15, 0.2) is 5.16 Å². The van der Waals surface area contributed by atoms with Gasteiger partial charge in [0.25, 0.3) is 0 Å². The molecule has 0 atom stereocenters. The standard InChI is InChI=1S/C12H14N4O2S/c1-7-4-3-5-8(2)10(7)16-11(13)14-15-12(16)19-6-9(17)18/h3-5H,6H2,1-2H3,(H2,13,14)(H,17,18). The molecule has 0 fully saturated rings. The molecular formula is C12H14N4O2S. The molecule has 0 saturated heterocycles. The first kappa shape index (κ1) is 13.4. The topological polar surface area (TPSA) is 94.0 Å². The third-order valence-corrected chi connectivity index (χ3v) is 3.56. The highest BCUT2D eigenvalue weighted by Gasteiger charge is 2.16. The average molecular weight is 278 g/mol. The van der Waals surface area contributed by atoms with Crippen LogP contribution in [0, 0.1) is 13.8 Å². The minimum Gasteiger partial charge on any atom is -0.481 e. The van der Waals surface area contributed by atoms with E-state index in [1.807, 2.05) is 32.0 Å². The number of thioether (sulfide) groups is 1. The second kappa shape index (κ2) is 5.31. The molecule has 3 N–H and O–H groups in total. The summed E-state index contributed by atoms with van der Waals surface area (Å²) in [7, 11) is 0. The largest absolute Gasteiger partial charge is 0.481 e. The molecule has 1 aromatic heterocycles. The van der Waals surface area contributed by atoms with Gasteiger partial charge >= 0.3 is 5.97 Å². The molecule has 7 heteroatoms. The van der Waals surface area contributed by atoms with Crippen molar-refractivity contribution in [1.29, 1.82) is 0 Å². The molecule has 0 aliphatic rings. The number of benzene rings is 1. The smallest absolute Gasteiger partial charge is 0.313 e. The van der Waals surface area contributed by atoms with E-state index >= 15 is 0 Å². The third-order valence-electron chi connectivity index (χ3n) is 2.65. The predicted molar refractivity (Wildman–Crippen MR) is 73.6 cm³/mol. The number of rotatable bonds is 4. The summed E-state index contributed by atoms with van der Waals surface area (Å²) < 4.78 is 1.69. The highest BCUT2D eigenvalue weighted by molar-refractivity contribution is 7.99. The van der Waals surface area contributed by atoms with Crippen LogP contribution in [-0.2, 0) is 4.79 Å². The molecular weight excluding hydrogens is 264 g/mol. The van der Waals surface area contributed by atoms with E-state index < -0.39 is 5.97 Å². The van der Waals surface area contributed by atoms with Gasteiger partial charge < -0.3 is 10.8 Å². The molecule has 0 unspecified atom stereocenters. The number of anilines is 1. The molecule has 1 heterocycles. The first-order valence-corrected chi connectivity index (χ1v) is 6.61. The molecule has 0 saturated carbocycles. The number of para-hydroxylation sites is 1. The summed E-state index contributed by atoms with van der Waals surface area (Å²) in [5.74, 6) is -0.729. The zero-order valence-electron chi connectivity index (χ0n) is 10.6. The number of carboxylic acids is 1. The van der Waals surface area contributed by atoms with Gasteiger partial charge in [0.05, 0.1) is 11.4 Å². The first-order chi connectivity index (χ1) is 9.00. The van der Waals surface area contributed by atoms with E-state index in [4.69, 9.17) is 10.8 Å². The SMILES string of the molecule is Cc1cccc(C)c1-n1c(N)nnc1SCC(=O)O. The van der Waals surface area contributed by atoms with Crippen molar-refractivity contribution in [2.45, 2.75) is 19.0 Å². The van der Waals surface area contributed by atoms with Crippen molar-refractivity contribution in [3.05, 3.63) is 29.3 Å². The zero-order chi connectivity index (χ0) is 14.0. The Morgan fingerprint density at radius 3 is 2.58 bits per heavy atom. The molecule has 100 valence electrons. The molecule has 0 radical (unpaired) electrons. The number of carboxylic acid groups (broad SMARTS) is 1. The number of nitrogen functional groups attached to an aromatic ring is 1. The Hall–Kier alpha value is -2.02. The molecule has 1 aromatic carbocycles. The maximum Gasteiger partial charge on any atom is 0.313 e. The number of aromatic nitrogens is 3. The quantitative estimate of drug-likeness (QED) is 0.826. The van der Waals surface area contributed by atoms with Gasteiger partial charge in [0.2, 0.25) is 5.95 Å². The van der Waals surface area contributed by atoms with Crippen LogP contribution in [0.1, 0.15) is 11.1 Å². The fraction of sp³-hybridized carbons (Fsp3) is 0.250. The lowest BCUT2D eigenvalue weighted by Crippen LogP contribution is -2.07. The second-order valence-electron chi connectivity index (χ2n) is 4.10. The second-order valence-corrected chi connectivity index (χ2v) is 5.04. The number of aliphatic carboxylic acids is 1. The van der Waals surface area contributed by atoms with Gasteiger partial charge in [-0.15, -0.1) is 10.2 Å². The van der Waals surface area contributed by atoms with Crippen molar-refractivity contribution in [2.24, 2.45) is 0 Å². The highest BCUT2D eigenvalue weighted by atomic mass is 32.2. The highest BCUT2D eigenvalue weighted by Crippen LogP contribution is 2.27. The van der Waals surface area contributed by atoms with E-state index in [-0.39, 0.29) is 11.7 Å². The molecule has 0 bridgehead atoms. The number of nitrogens with zero attached hydrogens (tertiary/aromatic N) is 3. The Labute approximate surface area is 114 Å². The maximum atomic E-state index is 10.7. The van der Waals surface area contributed by atoms with E-state index in [0.717, 1.165) is 28.6 Å². The van der Waals surface area contributed by atoms with Crippen LogP contribution in [0.3, 0.4) is 0 Å². The lowest BCUT2D eigenvalue weighted by atomic mass is 10.1. The van der Waals surface area contributed by atoms with Crippen molar-refractivity contribution < 1.29 is 9.90 Å². The molecule has 0 aliphatic carbocycles. The summed E-state index contributed by atoms with van der Waals surface area (Å²) in [6.07, 6.45) is 0. The van der Waals surface area contributed by atoms with Crippen LogP contribution in [0.5, 0.6) is 0 Å². The Morgan fingerprint density at radius 1 is 1.37 bits per heavy atom. The summed E-state index contributed by atoms with van der Waals surface area (Å²) in [5, 5.41) is 17.0. The number of nitrogens with two attached hydrogens (primary N) is 1. The van der Waals surface area contributed by atoms with Crippen LogP contribution in [-0.4, -0.2) is 31.6 Å². The summed E-state index contributed by atoms with van der Waals surface area (Å²) in [6, 6.07) is 5.89. The first-order valence-electron chi connectivity index (χ1n) is 5.62. The molecule has 2 aromatic rings. The minimum atomic E-state index is -0.903. The summed E-state index contributed by atoms with van der Waals surface area (Å²) in [4.78, 5) is 10.7. The fourth-order valence-corrected chi connectivity index (χ4v) is 2.53. The maximum absolute atomic E-state index is 10.7. The fourth-order valence-electron chi connectivity index (χ4n) is 1.87. The lowest BCUT2D eigenvalue weighted by molar-refractivity contribution is -0.133. The van der Waals surface area contributed by atoms with Crippen LogP contribution in [0.4, 0.5) is 5.95 Å². The molecule has 19 heavy (non-hydrogen) atoms. The van der Waals surface area contributed by atoms with E-state index in [0.29, 0.717) is 5.16 Å². The Kier molecular flexibility index (Phi) is 3.75. The van der Waals surface area contributed by atoms with E-state index in [9.17, 15) is 4.79 Å². The minimum absolute atomic E-state index is 0.0803. The van der Waals surface area contributed by atoms with Crippen LogP contribution >= 0.6 is 11.8 Å². The van der Waals surface area contributed by atoms with Crippen LogP contribution in [0.2, 0.25) is 0 Å². The van der Waals surface area contributed by atoms with Crippen molar-refractivity contribution in [1.82, 2.24) is 14.8 Å². The van der Waals surface area contributed by atoms with Crippen molar-refractivity contribution in [2.75, 3.05) is 11.5 Å². The van der Waals surface area contributed by atoms with E-state index in [1.54, 1.807) is 4.57 Å². The van der Waals surface area contributed by atoms with Crippen LogP contribution in [0.15, 0.2) is 23.4 Å². The molecule has 6 nitrogen and oxygen atoms in total. The average Bonchev–Trinajstić information content (AvgIpc) is 2.69. The normalized spacial score (nSPS) is 10.6. The Bertz CT molecular complexity index is 604. The monoisotopic (exact) mass is 278 g/mol. The summed E-state index contributed by atoms with van der Waals surface area (Å²) in [5.41, 5.74) is 8.81. The number of aryl methyl sites for hydroxylation is 2. The van der Waals surface area contributed by atoms with Crippen LogP contribution in [0.25, 0.3) is 5.69 Å².